The summed E-state index contributed by atoms with van der Waals surface area (Å²) in [4.78, 5) is 0. The Morgan fingerprint density at radius 1 is 0.690 bits per heavy atom. The van der Waals surface area contributed by atoms with Crippen LogP contribution < -0.4 is 9.47 Å². The maximum atomic E-state index is 5.65. The maximum absolute atomic E-state index is 5.65. The Morgan fingerprint density at radius 2 is 1.31 bits per heavy atom. The highest BCUT2D eigenvalue weighted by Gasteiger charge is 2.18. The molecule has 0 aliphatic carbocycles. The average molecular weight is 382 g/mol. The topological polar surface area (TPSA) is 72.9 Å². The number of methoxy groups -OCH3 is 2. The molecular formula is C23H18N4O2. The van der Waals surface area contributed by atoms with Crippen LogP contribution in [0.3, 0.4) is 0 Å². The number of H-pyrrole nitrogens is 1. The molecular weight excluding hydrogens is 364 g/mol. The standard InChI is InChI=1S/C23H18N4O2/c1-28-21-9-5-3-7-14(21)16-11-18-19-13-24-26-23(19)27-25-20(18)12-17(16)15-8-4-6-10-22(15)29-2/h3-13H,1-2H3,(H,24,26,27). The van der Waals surface area contributed by atoms with Crippen LogP contribution in [-0.4, -0.2) is 34.6 Å². The zero-order valence-corrected chi connectivity index (χ0v) is 16.0. The van der Waals surface area contributed by atoms with Crippen LogP contribution in [0, 0.1) is 0 Å². The van der Waals surface area contributed by atoms with Crippen LogP contribution in [0.25, 0.3) is 44.2 Å². The molecule has 2 heterocycles. The van der Waals surface area contributed by atoms with E-state index in [-0.39, 0.29) is 0 Å². The minimum atomic E-state index is 0.661. The molecule has 142 valence electrons. The van der Waals surface area contributed by atoms with E-state index in [1.54, 1.807) is 20.4 Å². The molecule has 0 amide bonds. The largest absolute Gasteiger partial charge is 0.496 e. The smallest absolute Gasteiger partial charge is 0.178 e. The van der Waals surface area contributed by atoms with Gasteiger partial charge in [-0.3, -0.25) is 5.10 Å². The van der Waals surface area contributed by atoms with Gasteiger partial charge in [0.25, 0.3) is 0 Å². The van der Waals surface area contributed by atoms with Gasteiger partial charge in [-0.15, -0.1) is 10.2 Å². The van der Waals surface area contributed by atoms with E-state index in [9.17, 15) is 0 Å². The van der Waals surface area contributed by atoms with Crippen LogP contribution in [0.4, 0.5) is 0 Å². The van der Waals surface area contributed by atoms with Crippen molar-refractivity contribution in [1.82, 2.24) is 20.4 Å². The van der Waals surface area contributed by atoms with E-state index in [4.69, 9.17) is 9.47 Å². The second kappa shape index (κ2) is 6.91. The van der Waals surface area contributed by atoms with Crippen molar-refractivity contribution in [3.63, 3.8) is 0 Å². The van der Waals surface area contributed by atoms with Crippen molar-refractivity contribution in [2.45, 2.75) is 0 Å². The van der Waals surface area contributed by atoms with E-state index < -0.39 is 0 Å². The fraction of sp³-hybridized carbons (Fsp3) is 0.0870. The van der Waals surface area contributed by atoms with Gasteiger partial charge < -0.3 is 9.47 Å². The minimum Gasteiger partial charge on any atom is -0.496 e. The molecule has 29 heavy (non-hydrogen) atoms. The first-order chi connectivity index (χ1) is 14.3. The Hall–Kier alpha value is -3.93. The maximum Gasteiger partial charge on any atom is 0.178 e. The van der Waals surface area contributed by atoms with Crippen molar-refractivity contribution in [3.05, 3.63) is 66.9 Å². The van der Waals surface area contributed by atoms with Crippen LogP contribution in [0.2, 0.25) is 0 Å². The Bertz CT molecular complexity index is 1340. The highest BCUT2D eigenvalue weighted by Crippen LogP contribution is 2.42. The van der Waals surface area contributed by atoms with Gasteiger partial charge in [0.2, 0.25) is 0 Å². The summed E-state index contributed by atoms with van der Waals surface area (Å²) in [5.41, 5.74) is 5.44. The predicted molar refractivity (Wildman–Crippen MR) is 113 cm³/mol. The summed E-state index contributed by atoms with van der Waals surface area (Å²) in [6.45, 7) is 0. The quantitative estimate of drug-likeness (QED) is 0.481. The molecule has 0 radical (unpaired) electrons. The first-order valence-electron chi connectivity index (χ1n) is 9.20. The number of hydrogen-bond acceptors (Lipinski definition) is 5. The molecule has 0 aliphatic heterocycles. The summed E-state index contributed by atoms with van der Waals surface area (Å²) < 4.78 is 11.3. The molecule has 6 heteroatoms. The second-order valence-electron chi connectivity index (χ2n) is 6.65. The third-order valence-electron chi connectivity index (χ3n) is 5.10. The third kappa shape index (κ3) is 2.77. The molecule has 0 unspecified atom stereocenters. The van der Waals surface area contributed by atoms with Gasteiger partial charge in [0, 0.05) is 16.5 Å². The number of benzene rings is 3. The third-order valence-corrected chi connectivity index (χ3v) is 5.10. The molecule has 0 bridgehead atoms. The summed E-state index contributed by atoms with van der Waals surface area (Å²) >= 11 is 0. The van der Waals surface area contributed by atoms with Crippen molar-refractivity contribution in [3.8, 4) is 33.8 Å². The lowest BCUT2D eigenvalue weighted by Gasteiger charge is -2.16. The monoisotopic (exact) mass is 382 g/mol. The van der Waals surface area contributed by atoms with Crippen LogP contribution in [-0.2, 0) is 0 Å². The fourth-order valence-electron chi connectivity index (χ4n) is 3.72. The van der Waals surface area contributed by atoms with Gasteiger partial charge in [0.15, 0.2) is 5.65 Å². The molecule has 0 saturated heterocycles. The molecule has 0 fully saturated rings. The average Bonchev–Trinajstić information content (AvgIpc) is 3.27. The van der Waals surface area contributed by atoms with Crippen LogP contribution in [0.1, 0.15) is 0 Å². The molecule has 5 rings (SSSR count). The molecule has 0 aliphatic rings. The number of para-hydroxylation sites is 2. The Labute approximate surface area is 167 Å². The first kappa shape index (κ1) is 17.2. The lowest BCUT2D eigenvalue weighted by atomic mass is 9.91. The van der Waals surface area contributed by atoms with Crippen molar-refractivity contribution in [1.29, 1.82) is 0 Å². The van der Waals surface area contributed by atoms with Gasteiger partial charge in [0.1, 0.15) is 11.5 Å². The van der Waals surface area contributed by atoms with Crippen molar-refractivity contribution >= 4 is 21.9 Å². The van der Waals surface area contributed by atoms with Gasteiger partial charge in [-0.2, -0.15) is 5.10 Å². The van der Waals surface area contributed by atoms with E-state index in [2.05, 4.69) is 38.6 Å². The van der Waals surface area contributed by atoms with E-state index in [0.29, 0.717) is 5.65 Å². The summed E-state index contributed by atoms with van der Waals surface area (Å²) in [6.07, 6.45) is 1.78. The molecule has 0 saturated carbocycles. The molecule has 0 spiro atoms. The predicted octanol–water partition coefficient (Wildman–Crippen LogP) is 4.86. The van der Waals surface area contributed by atoms with Gasteiger partial charge in [-0.05, 0) is 35.4 Å². The summed E-state index contributed by atoms with van der Waals surface area (Å²) in [5.74, 6) is 1.59. The number of rotatable bonds is 4. The number of hydrogen-bond donors (Lipinski definition) is 1. The molecule has 6 nitrogen and oxygen atoms in total. The highest BCUT2D eigenvalue weighted by molar-refractivity contribution is 6.07. The molecule has 1 N–H and O–H groups in total. The Balaban J connectivity index is 1.91. The zero-order chi connectivity index (χ0) is 19.8. The Morgan fingerprint density at radius 3 is 1.97 bits per heavy atom. The number of nitrogens with one attached hydrogen (secondary N) is 1. The lowest BCUT2D eigenvalue weighted by molar-refractivity contribution is 0.416. The number of nitrogens with zero attached hydrogens (tertiary/aromatic N) is 3. The normalized spacial score (nSPS) is 11.1. The van der Waals surface area contributed by atoms with E-state index >= 15 is 0 Å². The molecule has 0 atom stereocenters. The molecule has 2 aromatic heterocycles. The zero-order valence-electron chi connectivity index (χ0n) is 16.0. The number of aromatic amines is 1. The molecule has 3 aromatic carbocycles. The van der Waals surface area contributed by atoms with Crippen LogP contribution >= 0.6 is 0 Å². The van der Waals surface area contributed by atoms with Crippen molar-refractivity contribution < 1.29 is 9.47 Å². The summed E-state index contributed by atoms with van der Waals surface area (Å²) in [5, 5.41) is 17.6. The van der Waals surface area contributed by atoms with Crippen LogP contribution in [0.5, 0.6) is 11.5 Å². The van der Waals surface area contributed by atoms with Crippen LogP contribution in [0.15, 0.2) is 66.9 Å². The molecule has 5 aromatic rings. The van der Waals surface area contributed by atoms with E-state index in [1.807, 2.05) is 42.5 Å². The van der Waals surface area contributed by atoms with E-state index in [1.165, 1.54) is 0 Å². The summed E-state index contributed by atoms with van der Waals surface area (Å²) in [6, 6.07) is 20.1. The van der Waals surface area contributed by atoms with Gasteiger partial charge >= 0.3 is 0 Å². The number of ether oxygens (including phenoxy) is 2. The van der Waals surface area contributed by atoms with Gasteiger partial charge in [-0.25, -0.2) is 0 Å². The van der Waals surface area contributed by atoms with Gasteiger partial charge in [-0.1, -0.05) is 36.4 Å². The second-order valence-corrected chi connectivity index (χ2v) is 6.65. The number of aromatic nitrogens is 4. The number of fused-ring (bicyclic) bond motifs is 3. The fourth-order valence-corrected chi connectivity index (χ4v) is 3.72. The van der Waals surface area contributed by atoms with E-state index in [0.717, 1.165) is 50.0 Å². The summed E-state index contributed by atoms with van der Waals surface area (Å²) in [7, 11) is 3.36. The van der Waals surface area contributed by atoms with Gasteiger partial charge in [0.05, 0.1) is 31.3 Å². The lowest BCUT2D eigenvalue weighted by Crippen LogP contribution is -1.95. The van der Waals surface area contributed by atoms with Crippen molar-refractivity contribution in [2.75, 3.05) is 14.2 Å². The van der Waals surface area contributed by atoms with Crippen molar-refractivity contribution in [2.24, 2.45) is 0 Å². The SMILES string of the molecule is COc1ccccc1-c1cc2nnc3[nH]ncc3c2cc1-c1ccccc1OC. The highest BCUT2D eigenvalue weighted by atomic mass is 16.5. The first-order valence-corrected chi connectivity index (χ1v) is 9.20. The minimum absolute atomic E-state index is 0.661. The Kier molecular flexibility index (Phi) is 4.09.